The van der Waals surface area contributed by atoms with Gasteiger partial charge in [0.1, 0.15) is 11.5 Å². The molecule has 1 atom stereocenters. The molecule has 1 aliphatic rings. The van der Waals surface area contributed by atoms with Crippen LogP contribution in [0.4, 0.5) is 4.39 Å². The third kappa shape index (κ3) is 3.16. The third-order valence-corrected chi connectivity index (χ3v) is 5.39. The number of rotatable bonds is 4. The quantitative estimate of drug-likeness (QED) is 0.536. The first-order chi connectivity index (χ1) is 13.8. The maximum Gasteiger partial charge on any atom is 0.123 e. The second-order valence-electron chi connectivity index (χ2n) is 7.22. The maximum atomic E-state index is 13.6. The Morgan fingerprint density at radius 3 is 2.89 bits per heavy atom. The first kappa shape index (κ1) is 17.0. The fourth-order valence-corrected chi connectivity index (χ4v) is 4.04. The van der Waals surface area contributed by atoms with Crippen LogP contribution in [0.2, 0.25) is 0 Å². The van der Waals surface area contributed by atoms with Gasteiger partial charge >= 0.3 is 0 Å². The summed E-state index contributed by atoms with van der Waals surface area (Å²) in [5.74, 6) is -0.242. The van der Waals surface area contributed by atoms with E-state index in [-0.39, 0.29) is 11.9 Å². The number of hydrogen-bond donors (Lipinski definition) is 0. The summed E-state index contributed by atoms with van der Waals surface area (Å²) in [6.45, 7) is 1.90. The molecule has 28 heavy (non-hydrogen) atoms. The summed E-state index contributed by atoms with van der Waals surface area (Å²) in [4.78, 5) is 6.67. The van der Waals surface area contributed by atoms with Crippen LogP contribution in [-0.4, -0.2) is 31.3 Å². The zero-order valence-electron chi connectivity index (χ0n) is 15.4. The number of aromatic nitrogens is 4. The lowest BCUT2D eigenvalue weighted by Gasteiger charge is -2.22. The molecular formula is C22H20FN5. The van der Waals surface area contributed by atoms with Gasteiger partial charge in [0.15, 0.2) is 0 Å². The molecule has 4 aromatic rings. The molecule has 6 heteroatoms. The molecule has 0 radical (unpaired) electrons. The highest BCUT2D eigenvalue weighted by Gasteiger charge is 2.29. The molecule has 1 aromatic carbocycles. The van der Waals surface area contributed by atoms with Crippen LogP contribution in [0.3, 0.4) is 0 Å². The Morgan fingerprint density at radius 1 is 1.07 bits per heavy atom. The van der Waals surface area contributed by atoms with Gasteiger partial charge in [0, 0.05) is 30.7 Å². The number of halogens is 1. The fourth-order valence-electron chi connectivity index (χ4n) is 4.04. The van der Waals surface area contributed by atoms with Crippen LogP contribution in [-0.2, 0) is 6.54 Å². The van der Waals surface area contributed by atoms with Gasteiger partial charge in [-0.15, -0.1) is 5.10 Å². The summed E-state index contributed by atoms with van der Waals surface area (Å²) < 4.78 is 15.4. The zero-order valence-corrected chi connectivity index (χ0v) is 15.4. The SMILES string of the molecule is Fc1cccc(-c2ccc3c([C@@H]4CCCN4Cc4cccnc4)nnn3c2)c1. The Balaban J connectivity index is 1.46. The highest BCUT2D eigenvalue weighted by molar-refractivity contribution is 5.66. The van der Waals surface area contributed by atoms with E-state index in [2.05, 4.69) is 26.3 Å². The number of fused-ring (bicyclic) bond motifs is 1. The normalized spacial score (nSPS) is 17.4. The van der Waals surface area contributed by atoms with Crippen molar-refractivity contribution in [2.24, 2.45) is 0 Å². The molecule has 0 unspecified atom stereocenters. The van der Waals surface area contributed by atoms with Crippen LogP contribution in [0.1, 0.15) is 30.1 Å². The number of nitrogens with zero attached hydrogens (tertiary/aromatic N) is 5. The lowest BCUT2D eigenvalue weighted by molar-refractivity contribution is 0.245. The van der Waals surface area contributed by atoms with Gasteiger partial charge in [-0.1, -0.05) is 29.5 Å². The van der Waals surface area contributed by atoms with Crippen molar-refractivity contribution >= 4 is 5.52 Å². The summed E-state index contributed by atoms with van der Waals surface area (Å²) in [5.41, 5.74) is 4.97. The molecule has 5 nitrogen and oxygen atoms in total. The number of likely N-dealkylation sites (tertiary alicyclic amines) is 1. The van der Waals surface area contributed by atoms with Gasteiger partial charge in [0.05, 0.1) is 11.6 Å². The van der Waals surface area contributed by atoms with Crippen LogP contribution < -0.4 is 0 Å². The molecule has 140 valence electrons. The van der Waals surface area contributed by atoms with Crippen molar-refractivity contribution in [1.29, 1.82) is 0 Å². The van der Waals surface area contributed by atoms with E-state index in [4.69, 9.17) is 0 Å². The van der Waals surface area contributed by atoms with E-state index in [9.17, 15) is 4.39 Å². The molecule has 0 N–H and O–H groups in total. The second kappa shape index (κ2) is 7.13. The number of pyridine rings is 2. The van der Waals surface area contributed by atoms with E-state index in [1.54, 1.807) is 16.8 Å². The Hall–Kier alpha value is -3.12. The molecule has 0 bridgehead atoms. The molecule has 0 aliphatic carbocycles. The number of benzene rings is 1. The van der Waals surface area contributed by atoms with Crippen molar-refractivity contribution in [1.82, 2.24) is 24.7 Å². The van der Waals surface area contributed by atoms with Gasteiger partial charge in [0.2, 0.25) is 0 Å². The molecule has 1 fully saturated rings. The summed E-state index contributed by atoms with van der Waals surface area (Å²) >= 11 is 0. The maximum absolute atomic E-state index is 13.6. The lowest BCUT2D eigenvalue weighted by atomic mass is 10.1. The topological polar surface area (TPSA) is 46.3 Å². The van der Waals surface area contributed by atoms with Crippen LogP contribution in [0.25, 0.3) is 16.6 Å². The monoisotopic (exact) mass is 373 g/mol. The Bertz CT molecular complexity index is 1110. The van der Waals surface area contributed by atoms with Crippen LogP contribution in [0, 0.1) is 5.82 Å². The Labute approximate surface area is 162 Å². The largest absolute Gasteiger partial charge is 0.290 e. The van der Waals surface area contributed by atoms with Crippen LogP contribution in [0.5, 0.6) is 0 Å². The lowest BCUT2D eigenvalue weighted by Crippen LogP contribution is -2.23. The Morgan fingerprint density at radius 2 is 2.04 bits per heavy atom. The average molecular weight is 373 g/mol. The fraction of sp³-hybridized carbons (Fsp3) is 0.227. The minimum atomic E-state index is -0.242. The average Bonchev–Trinajstić information content (AvgIpc) is 3.34. The third-order valence-electron chi connectivity index (χ3n) is 5.39. The molecule has 1 aliphatic heterocycles. The van der Waals surface area contributed by atoms with E-state index in [0.717, 1.165) is 48.3 Å². The predicted octanol–water partition coefficient (Wildman–Crippen LogP) is 4.27. The van der Waals surface area contributed by atoms with Gasteiger partial charge in [-0.3, -0.25) is 9.88 Å². The van der Waals surface area contributed by atoms with Crippen molar-refractivity contribution in [3.8, 4) is 11.1 Å². The molecule has 0 saturated carbocycles. The van der Waals surface area contributed by atoms with Crippen molar-refractivity contribution in [2.75, 3.05) is 6.54 Å². The molecule has 5 rings (SSSR count). The van der Waals surface area contributed by atoms with E-state index in [1.165, 1.54) is 17.7 Å². The molecule has 3 aromatic heterocycles. The highest BCUT2D eigenvalue weighted by atomic mass is 19.1. The van der Waals surface area contributed by atoms with Crippen LogP contribution >= 0.6 is 0 Å². The first-order valence-electron chi connectivity index (χ1n) is 9.52. The molecule has 4 heterocycles. The minimum Gasteiger partial charge on any atom is -0.290 e. The van der Waals surface area contributed by atoms with Crippen molar-refractivity contribution in [3.05, 3.63) is 84.2 Å². The van der Waals surface area contributed by atoms with Gasteiger partial charge in [-0.05, 0) is 54.8 Å². The molecule has 0 amide bonds. The predicted molar refractivity (Wildman–Crippen MR) is 105 cm³/mol. The van der Waals surface area contributed by atoms with Gasteiger partial charge in [-0.25, -0.2) is 8.91 Å². The smallest absolute Gasteiger partial charge is 0.123 e. The molecule has 1 saturated heterocycles. The molecular weight excluding hydrogens is 353 g/mol. The van der Waals surface area contributed by atoms with Gasteiger partial charge in [-0.2, -0.15) is 0 Å². The molecule has 0 spiro atoms. The van der Waals surface area contributed by atoms with Crippen molar-refractivity contribution in [2.45, 2.75) is 25.4 Å². The van der Waals surface area contributed by atoms with Gasteiger partial charge in [0.25, 0.3) is 0 Å². The summed E-state index contributed by atoms with van der Waals surface area (Å²) in [7, 11) is 0. The van der Waals surface area contributed by atoms with Crippen molar-refractivity contribution in [3.63, 3.8) is 0 Å². The summed E-state index contributed by atoms with van der Waals surface area (Å²) in [5, 5.41) is 8.85. The second-order valence-corrected chi connectivity index (χ2v) is 7.22. The van der Waals surface area contributed by atoms with E-state index >= 15 is 0 Å². The Kier molecular flexibility index (Phi) is 4.33. The van der Waals surface area contributed by atoms with E-state index in [1.807, 2.05) is 36.7 Å². The number of hydrogen-bond acceptors (Lipinski definition) is 4. The minimum absolute atomic E-state index is 0.242. The highest BCUT2D eigenvalue weighted by Crippen LogP contribution is 2.34. The summed E-state index contributed by atoms with van der Waals surface area (Å²) in [6.07, 6.45) is 7.85. The van der Waals surface area contributed by atoms with E-state index in [0.29, 0.717) is 0 Å². The summed E-state index contributed by atoms with van der Waals surface area (Å²) in [6, 6.07) is 15.0. The van der Waals surface area contributed by atoms with E-state index < -0.39 is 0 Å². The van der Waals surface area contributed by atoms with Gasteiger partial charge < -0.3 is 0 Å². The van der Waals surface area contributed by atoms with Crippen LogP contribution in [0.15, 0.2) is 67.1 Å². The zero-order chi connectivity index (χ0) is 18.9. The standard InChI is InChI=1S/C22H20FN5/c23-19-6-1-5-17(12-19)18-8-9-21-22(25-26-28(21)15-18)20-7-3-11-27(20)14-16-4-2-10-24-13-16/h1-2,4-6,8-10,12-13,15,20H,3,7,11,14H2/t20-/m0/s1. The van der Waals surface area contributed by atoms with Crippen molar-refractivity contribution < 1.29 is 4.39 Å². The first-order valence-corrected chi connectivity index (χ1v) is 9.52.